The Balaban J connectivity index is 1.54. The highest BCUT2D eigenvalue weighted by atomic mass is 19.4. The fourth-order valence-electron chi connectivity index (χ4n) is 3.28. The van der Waals surface area contributed by atoms with E-state index >= 15 is 0 Å². The van der Waals surface area contributed by atoms with E-state index in [0.717, 1.165) is 12.1 Å². The molecule has 2 heterocycles. The number of ether oxygens (including phenoxy) is 1. The molecule has 0 aliphatic rings. The number of carbonyl (C=O) groups is 2. The summed E-state index contributed by atoms with van der Waals surface area (Å²) in [7, 11) is 0. The first-order chi connectivity index (χ1) is 15.7. The zero-order chi connectivity index (χ0) is 23.6. The molecular weight excluding hydrogens is 437 g/mol. The number of alkyl halides is 3. The predicted molar refractivity (Wildman–Crippen MR) is 115 cm³/mol. The minimum atomic E-state index is -4.64. The average molecular weight is 454 g/mol. The second-order valence-corrected chi connectivity index (χ2v) is 7.15. The molecule has 0 unspecified atom stereocenters. The molecule has 0 saturated carbocycles. The van der Waals surface area contributed by atoms with Gasteiger partial charge in [0.05, 0.1) is 22.3 Å². The van der Waals surface area contributed by atoms with E-state index in [1.165, 1.54) is 18.2 Å². The van der Waals surface area contributed by atoms with Crippen LogP contribution in [0.3, 0.4) is 0 Å². The predicted octanol–water partition coefficient (Wildman–Crippen LogP) is 5.62. The summed E-state index contributed by atoms with van der Waals surface area (Å²) < 4.78 is 50.0. The van der Waals surface area contributed by atoms with Crippen molar-refractivity contribution in [1.82, 2.24) is 4.98 Å². The Morgan fingerprint density at radius 3 is 2.48 bits per heavy atom. The minimum Gasteiger partial charge on any atom is -0.460 e. The number of anilines is 1. The standard InChI is InChI=1S/C24H17F3N2O4/c1-14-10-11-21(33-14)20-12-16(15-6-2-4-8-18(15)28-20)23(31)32-13-22(30)29-19-9-5-3-7-17(19)24(25,26)27/h2-12H,13H2,1H3,(H,29,30). The number of pyridine rings is 1. The van der Waals surface area contributed by atoms with Gasteiger partial charge in [0.2, 0.25) is 0 Å². The van der Waals surface area contributed by atoms with Gasteiger partial charge in [-0.1, -0.05) is 30.3 Å². The molecule has 0 spiro atoms. The van der Waals surface area contributed by atoms with Crippen LogP contribution >= 0.6 is 0 Å². The number of para-hydroxylation sites is 2. The van der Waals surface area contributed by atoms with E-state index in [1.54, 1.807) is 43.3 Å². The maximum absolute atomic E-state index is 13.1. The van der Waals surface area contributed by atoms with Gasteiger partial charge < -0.3 is 14.5 Å². The van der Waals surface area contributed by atoms with Crippen LogP contribution in [-0.2, 0) is 15.7 Å². The number of halogens is 3. The van der Waals surface area contributed by atoms with Gasteiger partial charge >= 0.3 is 12.1 Å². The number of nitrogens with one attached hydrogen (secondary N) is 1. The van der Waals surface area contributed by atoms with E-state index in [4.69, 9.17) is 9.15 Å². The average Bonchev–Trinajstić information content (AvgIpc) is 3.22. The van der Waals surface area contributed by atoms with Crippen LogP contribution in [0.2, 0.25) is 0 Å². The molecule has 0 aliphatic carbocycles. The summed E-state index contributed by atoms with van der Waals surface area (Å²) in [5, 5.41) is 2.64. The van der Waals surface area contributed by atoms with Crippen molar-refractivity contribution in [3.05, 3.63) is 83.6 Å². The number of aromatic nitrogens is 1. The van der Waals surface area contributed by atoms with Crippen molar-refractivity contribution in [1.29, 1.82) is 0 Å². The Bertz CT molecular complexity index is 1350. The number of rotatable bonds is 5. The van der Waals surface area contributed by atoms with Crippen LogP contribution in [0.25, 0.3) is 22.4 Å². The topological polar surface area (TPSA) is 81.4 Å². The van der Waals surface area contributed by atoms with Crippen LogP contribution in [-0.4, -0.2) is 23.5 Å². The molecule has 0 radical (unpaired) electrons. The number of nitrogens with zero attached hydrogens (tertiary/aromatic N) is 1. The third-order valence-electron chi connectivity index (χ3n) is 4.77. The van der Waals surface area contributed by atoms with Crippen molar-refractivity contribution >= 4 is 28.5 Å². The fraction of sp³-hybridized carbons (Fsp3) is 0.125. The molecule has 0 fully saturated rings. The Morgan fingerprint density at radius 1 is 1.03 bits per heavy atom. The third-order valence-corrected chi connectivity index (χ3v) is 4.77. The van der Waals surface area contributed by atoms with Crippen molar-refractivity contribution in [3.63, 3.8) is 0 Å². The van der Waals surface area contributed by atoms with E-state index in [0.29, 0.717) is 28.1 Å². The molecular formula is C24H17F3N2O4. The molecule has 1 amide bonds. The van der Waals surface area contributed by atoms with Gasteiger partial charge in [-0.15, -0.1) is 0 Å². The van der Waals surface area contributed by atoms with Crippen molar-refractivity contribution in [2.75, 3.05) is 11.9 Å². The van der Waals surface area contributed by atoms with Gasteiger partial charge in [-0.05, 0) is 43.3 Å². The summed E-state index contributed by atoms with van der Waals surface area (Å²) in [4.78, 5) is 29.5. The van der Waals surface area contributed by atoms with Gasteiger partial charge in [-0.2, -0.15) is 13.2 Å². The summed E-state index contributed by atoms with van der Waals surface area (Å²) in [5.74, 6) is -0.605. The first-order valence-electron chi connectivity index (χ1n) is 9.82. The molecule has 0 bridgehead atoms. The lowest BCUT2D eigenvalue weighted by molar-refractivity contribution is -0.137. The van der Waals surface area contributed by atoms with E-state index in [1.807, 2.05) is 0 Å². The lowest BCUT2D eigenvalue weighted by Gasteiger charge is -2.14. The molecule has 1 N–H and O–H groups in total. The normalized spacial score (nSPS) is 11.4. The molecule has 4 rings (SSSR count). The van der Waals surface area contributed by atoms with Crippen LogP contribution in [0, 0.1) is 6.92 Å². The van der Waals surface area contributed by atoms with Crippen molar-refractivity contribution in [3.8, 4) is 11.5 Å². The summed E-state index contributed by atoms with van der Waals surface area (Å²) >= 11 is 0. The number of hydrogen-bond donors (Lipinski definition) is 1. The highest BCUT2D eigenvalue weighted by Crippen LogP contribution is 2.34. The zero-order valence-corrected chi connectivity index (χ0v) is 17.3. The fourth-order valence-corrected chi connectivity index (χ4v) is 3.28. The number of fused-ring (bicyclic) bond motifs is 1. The summed E-state index contributed by atoms with van der Waals surface area (Å²) in [6, 6.07) is 16.4. The largest absolute Gasteiger partial charge is 0.460 e. The lowest BCUT2D eigenvalue weighted by atomic mass is 10.1. The summed E-state index contributed by atoms with van der Waals surface area (Å²) in [6.45, 7) is 1.01. The van der Waals surface area contributed by atoms with Crippen LogP contribution in [0.4, 0.5) is 18.9 Å². The number of hydrogen-bond acceptors (Lipinski definition) is 5. The summed E-state index contributed by atoms with van der Waals surface area (Å²) in [6.07, 6.45) is -4.64. The SMILES string of the molecule is Cc1ccc(-c2cc(C(=O)OCC(=O)Nc3ccccc3C(F)(F)F)c3ccccc3n2)o1. The second kappa shape index (κ2) is 8.78. The number of esters is 1. The maximum atomic E-state index is 13.1. The van der Waals surface area contributed by atoms with Gasteiger partial charge in [0.25, 0.3) is 5.91 Å². The molecule has 2 aromatic carbocycles. The van der Waals surface area contributed by atoms with E-state index in [9.17, 15) is 22.8 Å². The highest BCUT2D eigenvalue weighted by Gasteiger charge is 2.33. The molecule has 0 saturated heterocycles. The van der Waals surface area contributed by atoms with Crippen LogP contribution in [0.1, 0.15) is 21.7 Å². The van der Waals surface area contributed by atoms with Crippen molar-refractivity contribution < 1.29 is 31.9 Å². The molecule has 4 aromatic rings. The summed E-state index contributed by atoms with van der Waals surface area (Å²) in [5.41, 5.74) is -0.357. The van der Waals surface area contributed by atoms with Crippen LogP contribution < -0.4 is 5.32 Å². The molecule has 0 aliphatic heterocycles. The molecule has 2 aromatic heterocycles. The molecule has 0 atom stereocenters. The zero-order valence-electron chi connectivity index (χ0n) is 17.3. The van der Waals surface area contributed by atoms with Crippen molar-refractivity contribution in [2.24, 2.45) is 0 Å². The first kappa shape index (κ1) is 22.1. The van der Waals surface area contributed by atoms with E-state index in [2.05, 4.69) is 10.3 Å². The number of aryl methyl sites for hydroxylation is 1. The number of carbonyl (C=O) groups excluding carboxylic acids is 2. The lowest BCUT2D eigenvalue weighted by Crippen LogP contribution is -2.23. The van der Waals surface area contributed by atoms with Crippen LogP contribution in [0.15, 0.2) is 71.1 Å². The Morgan fingerprint density at radius 2 is 1.76 bits per heavy atom. The van der Waals surface area contributed by atoms with Gasteiger partial charge in [0, 0.05) is 5.39 Å². The Kier molecular flexibility index (Phi) is 5.87. The third kappa shape index (κ3) is 4.87. The highest BCUT2D eigenvalue weighted by molar-refractivity contribution is 6.05. The molecule has 6 nitrogen and oxygen atoms in total. The van der Waals surface area contributed by atoms with E-state index < -0.39 is 35.9 Å². The number of furan rings is 1. The van der Waals surface area contributed by atoms with E-state index in [-0.39, 0.29) is 5.56 Å². The molecule has 168 valence electrons. The Hall–Kier alpha value is -4.14. The van der Waals surface area contributed by atoms with Gasteiger partial charge in [-0.3, -0.25) is 4.79 Å². The smallest absolute Gasteiger partial charge is 0.418 e. The quantitative estimate of drug-likeness (QED) is 0.396. The second-order valence-electron chi connectivity index (χ2n) is 7.15. The maximum Gasteiger partial charge on any atom is 0.418 e. The van der Waals surface area contributed by atoms with Crippen molar-refractivity contribution in [2.45, 2.75) is 13.1 Å². The van der Waals surface area contributed by atoms with Gasteiger partial charge in [-0.25, -0.2) is 9.78 Å². The van der Waals surface area contributed by atoms with Gasteiger partial charge in [0.15, 0.2) is 12.4 Å². The number of amides is 1. The minimum absolute atomic E-state index is 0.146. The molecule has 9 heteroatoms. The number of benzene rings is 2. The molecule has 33 heavy (non-hydrogen) atoms. The monoisotopic (exact) mass is 454 g/mol. The van der Waals surface area contributed by atoms with Crippen LogP contribution in [0.5, 0.6) is 0 Å². The Labute approximate surface area is 186 Å². The first-order valence-corrected chi connectivity index (χ1v) is 9.82. The van der Waals surface area contributed by atoms with Gasteiger partial charge in [0.1, 0.15) is 11.5 Å².